The summed E-state index contributed by atoms with van der Waals surface area (Å²) < 4.78 is 0. The molecule has 0 aliphatic carbocycles. The zero-order valence-electron chi connectivity index (χ0n) is 9.33. The molecule has 16 heavy (non-hydrogen) atoms. The van der Waals surface area contributed by atoms with Crippen LogP contribution in [0, 0.1) is 5.41 Å². The van der Waals surface area contributed by atoms with Crippen LogP contribution in [0.1, 0.15) is 13.8 Å². The Kier molecular flexibility index (Phi) is 2.76. The molecule has 0 bridgehead atoms. The summed E-state index contributed by atoms with van der Waals surface area (Å²) in [6.45, 7) is 5.84. The van der Waals surface area contributed by atoms with Crippen LogP contribution in [-0.2, 0) is 0 Å². The first kappa shape index (κ1) is 11.2. The average molecular weight is 240 g/mol. The van der Waals surface area contributed by atoms with Gasteiger partial charge in [0.25, 0.3) is 0 Å². The van der Waals surface area contributed by atoms with Crippen LogP contribution in [0.4, 0.5) is 10.6 Å². The van der Waals surface area contributed by atoms with Crippen molar-refractivity contribution < 1.29 is 4.79 Å². The third-order valence-electron chi connectivity index (χ3n) is 2.49. The SMILES string of the molecule is CC1(C)CN(C(=O)Nc2ccc(Cl)cn2)C1. The van der Waals surface area contributed by atoms with Crippen LogP contribution in [0.5, 0.6) is 0 Å². The summed E-state index contributed by atoms with van der Waals surface area (Å²) in [5.41, 5.74) is 0.241. The van der Waals surface area contributed by atoms with Gasteiger partial charge in [-0.15, -0.1) is 0 Å². The van der Waals surface area contributed by atoms with Gasteiger partial charge in [-0.05, 0) is 12.1 Å². The molecule has 4 nitrogen and oxygen atoms in total. The van der Waals surface area contributed by atoms with Crippen molar-refractivity contribution in [1.82, 2.24) is 9.88 Å². The fourth-order valence-corrected chi connectivity index (χ4v) is 1.88. The molecule has 1 aromatic rings. The van der Waals surface area contributed by atoms with Crippen molar-refractivity contribution >= 4 is 23.4 Å². The lowest BCUT2D eigenvalue weighted by Gasteiger charge is -2.45. The molecule has 5 heteroatoms. The maximum atomic E-state index is 11.7. The number of rotatable bonds is 1. The number of nitrogens with zero attached hydrogens (tertiary/aromatic N) is 2. The number of aromatic nitrogens is 1. The second-order valence-electron chi connectivity index (χ2n) is 4.81. The van der Waals surface area contributed by atoms with E-state index in [2.05, 4.69) is 24.1 Å². The first-order valence-corrected chi connectivity index (χ1v) is 5.52. The van der Waals surface area contributed by atoms with Gasteiger partial charge in [-0.2, -0.15) is 0 Å². The van der Waals surface area contributed by atoms with E-state index in [0.29, 0.717) is 10.8 Å². The number of hydrogen-bond donors (Lipinski definition) is 1. The van der Waals surface area contributed by atoms with E-state index in [0.717, 1.165) is 13.1 Å². The number of amides is 2. The Morgan fingerprint density at radius 1 is 1.50 bits per heavy atom. The summed E-state index contributed by atoms with van der Waals surface area (Å²) in [6.07, 6.45) is 1.51. The van der Waals surface area contributed by atoms with E-state index in [9.17, 15) is 4.79 Å². The maximum Gasteiger partial charge on any atom is 0.323 e. The Labute approximate surface area is 99.6 Å². The van der Waals surface area contributed by atoms with Crippen LogP contribution >= 0.6 is 11.6 Å². The topological polar surface area (TPSA) is 45.2 Å². The molecular formula is C11H14ClN3O. The normalized spacial score (nSPS) is 17.8. The minimum absolute atomic E-state index is 0.103. The molecular weight excluding hydrogens is 226 g/mol. The van der Waals surface area contributed by atoms with Gasteiger partial charge < -0.3 is 4.90 Å². The van der Waals surface area contributed by atoms with E-state index in [4.69, 9.17) is 11.6 Å². The fourth-order valence-electron chi connectivity index (χ4n) is 1.77. The van der Waals surface area contributed by atoms with Crippen molar-refractivity contribution in [1.29, 1.82) is 0 Å². The highest BCUT2D eigenvalue weighted by molar-refractivity contribution is 6.30. The molecule has 1 aliphatic heterocycles. The molecule has 1 fully saturated rings. The lowest BCUT2D eigenvalue weighted by Crippen LogP contribution is -2.56. The zero-order chi connectivity index (χ0) is 11.8. The van der Waals surface area contributed by atoms with Gasteiger partial charge in [0, 0.05) is 24.7 Å². The average Bonchev–Trinajstić information content (AvgIpc) is 2.18. The molecule has 0 aromatic carbocycles. The van der Waals surface area contributed by atoms with E-state index in [1.54, 1.807) is 17.0 Å². The first-order valence-electron chi connectivity index (χ1n) is 5.14. The van der Waals surface area contributed by atoms with E-state index in [-0.39, 0.29) is 11.4 Å². The van der Waals surface area contributed by atoms with Crippen LogP contribution < -0.4 is 5.32 Å². The van der Waals surface area contributed by atoms with Gasteiger partial charge in [0.2, 0.25) is 0 Å². The number of urea groups is 1. The smallest absolute Gasteiger partial charge is 0.323 e. The van der Waals surface area contributed by atoms with Crippen molar-refractivity contribution in [3.8, 4) is 0 Å². The summed E-state index contributed by atoms with van der Waals surface area (Å²) in [5, 5.41) is 3.28. The van der Waals surface area contributed by atoms with Crippen molar-refractivity contribution in [2.24, 2.45) is 5.41 Å². The molecule has 0 unspecified atom stereocenters. The molecule has 2 rings (SSSR count). The van der Waals surface area contributed by atoms with E-state index in [1.807, 2.05) is 0 Å². The molecule has 0 atom stereocenters. The number of anilines is 1. The highest BCUT2D eigenvalue weighted by Crippen LogP contribution is 2.28. The Hall–Kier alpha value is -1.29. The predicted molar refractivity (Wildman–Crippen MR) is 63.6 cm³/mol. The monoisotopic (exact) mass is 239 g/mol. The fraction of sp³-hybridized carbons (Fsp3) is 0.455. The van der Waals surface area contributed by atoms with Crippen LogP contribution in [0.15, 0.2) is 18.3 Å². The van der Waals surface area contributed by atoms with E-state index in [1.165, 1.54) is 6.20 Å². The number of carbonyl (C=O) groups is 1. The number of nitrogens with one attached hydrogen (secondary N) is 1. The van der Waals surface area contributed by atoms with Crippen molar-refractivity contribution in [3.63, 3.8) is 0 Å². The molecule has 1 aliphatic rings. The third-order valence-corrected chi connectivity index (χ3v) is 2.71. The minimum atomic E-state index is -0.103. The van der Waals surface area contributed by atoms with Gasteiger partial charge >= 0.3 is 6.03 Å². The summed E-state index contributed by atoms with van der Waals surface area (Å²) in [5.74, 6) is 0.527. The Morgan fingerprint density at radius 3 is 2.69 bits per heavy atom. The summed E-state index contributed by atoms with van der Waals surface area (Å²) in [4.78, 5) is 17.5. The van der Waals surface area contributed by atoms with Gasteiger partial charge in [-0.1, -0.05) is 25.4 Å². The van der Waals surface area contributed by atoms with Gasteiger partial charge in [0.1, 0.15) is 5.82 Å². The lowest BCUT2D eigenvalue weighted by atomic mass is 9.85. The Bertz CT molecular complexity index is 394. The molecule has 1 aromatic heterocycles. The van der Waals surface area contributed by atoms with Crippen LogP contribution in [0.3, 0.4) is 0 Å². The summed E-state index contributed by atoms with van der Waals surface area (Å²) in [6, 6.07) is 3.28. The van der Waals surface area contributed by atoms with Crippen LogP contribution in [0.2, 0.25) is 5.02 Å². The predicted octanol–water partition coefficient (Wildman–Crippen LogP) is 2.61. The molecule has 0 spiro atoms. The zero-order valence-corrected chi connectivity index (χ0v) is 10.1. The van der Waals surface area contributed by atoms with E-state index < -0.39 is 0 Å². The lowest BCUT2D eigenvalue weighted by molar-refractivity contribution is 0.0687. The number of pyridine rings is 1. The van der Waals surface area contributed by atoms with Gasteiger partial charge in [0.05, 0.1) is 5.02 Å². The number of carbonyl (C=O) groups excluding carboxylic acids is 1. The van der Waals surface area contributed by atoms with Gasteiger partial charge in [-0.25, -0.2) is 9.78 Å². The molecule has 1 N–H and O–H groups in total. The molecule has 2 amide bonds. The van der Waals surface area contributed by atoms with Gasteiger partial charge in [-0.3, -0.25) is 5.32 Å². The largest absolute Gasteiger partial charge is 0.323 e. The summed E-state index contributed by atoms with van der Waals surface area (Å²) >= 11 is 5.70. The van der Waals surface area contributed by atoms with Crippen LogP contribution in [0.25, 0.3) is 0 Å². The number of halogens is 1. The second kappa shape index (κ2) is 3.94. The summed E-state index contributed by atoms with van der Waals surface area (Å²) in [7, 11) is 0. The van der Waals surface area contributed by atoms with Crippen molar-refractivity contribution in [2.45, 2.75) is 13.8 Å². The molecule has 86 valence electrons. The highest BCUT2D eigenvalue weighted by atomic mass is 35.5. The number of likely N-dealkylation sites (tertiary alicyclic amines) is 1. The molecule has 0 saturated carbocycles. The Balaban J connectivity index is 1.91. The quantitative estimate of drug-likeness (QED) is 0.819. The van der Waals surface area contributed by atoms with Gasteiger partial charge in [0.15, 0.2) is 0 Å². The third kappa shape index (κ3) is 2.44. The molecule has 2 heterocycles. The molecule has 1 saturated heterocycles. The maximum absolute atomic E-state index is 11.7. The van der Waals surface area contributed by atoms with Crippen molar-refractivity contribution in [2.75, 3.05) is 18.4 Å². The first-order chi connectivity index (χ1) is 7.46. The van der Waals surface area contributed by atoms with Crippen LogP contribution in [-0.4, -0.2) is 29.0 Å². The minimum Gasteiger partial charge on any atom is -0.323 e. The highest BCUT2D eigenvalue weighted by Gasteiger charge is 2.37. The van der Waals surface area contributed by atoms with Crippen molar-refractivity contribution in [3.05, 3.63) is 23.4 Å². The molecule has 0 radical (unpaired) electrons. The number of hydrogen-bond acceptors (Lipinski definition) is 2. The Morgan fingerprint density at radius 2 is 2.19 bits per heavy atom. The standard InChI is InChI=1S/C11H14ClN3O/c1-11(2)6-15(7-11)10(16)14-9-4-3-8(12)5-13-9/h3-5H,6-7H2,1-2H3,(H,13,14,16). The second-order valence-corrected chi connectivity index (χ2v) is 5.25. The van der Waals surface area contributed by atoms with E-state index >= 15 is 0 Å².